The third kappa shape index (κ3) is 2.38. The van der Waals surface area contributed by atoms with Gasteiger partial charge in [-0.2, -0.15) is 0 Å². The molecule has 3 nitrogen and oxygen atoms in total. The maximum Gasteiger partial charge on any atom is 0.354 e. The average Bonchev–Trinajstić information content (AvgIpc) is 2.87. The van der Waals surface area contributed by atoms with Crippen molar-refractivity contribution in [1.29, 1.82) is 0 Å². The van der Waals surface area contributed by atoms with Gasteiger partial charge in [-0.1, -0.05) is 31.2 Å². The van der Waals surface area contributed by atoms with Gasteiger partial charge in [0.1, 0.15) is 5.69 Å². The molecule has 0 saturated heterocycles. The first-order chi connectivity index (χ1) is 8.24. The standard InChI is InChI=1S/C14H15NO2/c1-3-10-4-6-11(7-5-10)12-8-13(15-9-12)14(16)17-2/h4-9,15H,3H2,1-2H3. The molecule has 1 aromatic heterocycles. The Labute approximate surface area is 100 Å². The summed E-state index contributed by atoms with van der Waals surface area (Å²) in [6.07, 6.45) is 2.84. The van der Waals surface area contributed by atoms with E-state index in [1.165, 1.54) is 12.7 Å². The second-order valence-electron chi connectivity index (χ2n) is 3.84. The van der Waals surface area contributed by atoms with Gasteiger partial charge in [0.15, 0.2) is 0 Å². The van der Waals surface area contributed by atoms with E-state index in [1.54, 1.807) is 6.07 Å². The van der Waals surface area contributed by atoms with E-state index < -0.39 is 0 Å². The minimum absolute atomic E-state index is 0.346. The van der Waals surface area contributed by atoms with E-state index in [9.17, 15) is 4.79 Å². The van der Waals surface area contributed by atoms with Gasteiger partial charge in [0, 0.05) is 6.20 Å². The fraction of sp³-hybridized carbons (Fsp3) is 0.214. The fourth-order valence-electron chi connectivity index (χ4n) is 1.72. The Morgan fingerprint density at radius 3 is 2.53 bits per heavy atom. The smallest absolute Gasteiger partial charge is 0.354 e. The molecule has 2 aromatic rings. The van der Waals surface area contributed by atoms with Crippen LogP contribution in [0, 0.1) is 0 Å². The van der Waals surface area contributed by atoms with Crippen LogP contribution in [0.25, 0.3) is 11.1 Å². The van der Waals surface area contributed by atoms with Gasteiger partial charge in [-0.05, 0) is 29.2 Å². The highest BCUT2D eigenvalue weighted by Crippen LogP contribution is 2.21. The molecule has 0 atom stereocenters. The summed E-state index contributed by atoms with van der Waals surface area (Å²) in [5.74, 6) is -0.346. The van der Waals surface area contributed by atoms with E-state index in [2.05, 4.69) is 40.9 Å². The number of esters is 1. The van der Waals surface area contributed by atoms with E-state index in [0.29, 0.717) is 5.69 Å². The first kappa shape index (κ1) is 11.5. The summed E-state index contributed by atoms with van der Waals surface area (Å²) >= 11 is 0. The van der Waals surface area contributed by atoms with Gasteiger partial charge in [0.25, 0.3) is 0 Å². The number of nitrogens with one attached hydrogen (secondary N) is 1. The molecule has 1 N–H and O–H groups in total. The van der Waals surface area contributed by atoms with E-state index >= 15 is 0 Å². The summed E-state index contributed by atoms with van der Waals surface area (Å²) in [6.45, 7) is 2.13. The van der Waals surface area contributed by atoms with Crippen LogP contribution < -0.4 is 0 Å². The third-order valence-electron chi connectivity index (χ3n) is 2.78. The maximum atomic E-state index is 11.3. The molecule has 17 heavy (non-hydrogen) atoms. The van der Waals surface area contributed by atoms with Crippen molar-refractivity contribution < 1.29 is 9.53 Å². The number of carbonyl (C=O) groups is 1. The van der Waals surface area contributed by atoms with Gasteiger partial charge in [-0.25, -0.2) is 4.79 Å². The topological polar surface area (TPSA) is 42.1 Å². The Bertz CT molecular complexity index is 511. The molecule has 1 heterocycles. The van der Waals surface area contributed by atoms with Crippen molar-refractivity contribution in [2.24, 2.45) is 0 Å². The van der Waals surface area contributed by atoms with E-state index in [0.717, 1.165) is 17.5 Å². The summed E-state index contributed by atoms with van der Waals surface area (Å²) in [7, 11) is 1.37. The minimum atomic E-state index is -0.346. The molecule has 0 aliphatic rings. The largest absolute Gasteiger partial charge is 0.464 e. The molecule has 0 aliphatic carbocycles. The zero-order valence-corrected chi connectivity index (χ0v) is 9.99. The van der Waals surface area contributed by atoms with Crippen LogP contribution in [-0.4, -0.2) is 18.1 Å². The molecule has 3 heteroatoms. The quantitative estimate of drug-likeness (QED) is 0.822. The van der Waals surface area contributed by atoms with E-state index in [1.807, 2.05) is 6.20 Å². The zero-order chi connectivity index (χ0) is 12.3. The molecular weight excluding hydrogens is 214 g/mol. The molecule has 0 spiro atoms. The van der Waals surface area contributed by atoms with E-state index in [4.69, 9.17) is 0 Å². The maximum absolute atomic E-state index is 11.3. The zero-order valence-electron chi connectivity index (χ0n) is 9.99. The van der Waals surface area contributed by atoms with Crippen molar-refractivity contribution in [2.75, 3.05) is 7.11 Å². The van der Waals surface area contributed by atoms with Crippen LogP contribution in [0.4, 0.5) is 0 Å². The molecule has 1 aromatic carbocycles. The second-order valence-corrected chi connectivity index (χ2v) is 3.84. The molecule has 0 aliphatic heterocycles. The highest BCUT2D eigenvalue weighted by molar-refractivity contribution is 5.89. The summed E-state index contributed by atoms with van der Waals surface area (Å²) < 4.78 is 4.65. The van der Waals surface area contributed by atoms with Crippen LogP contribution in [0.15, 0.2) is 36.5 Å². The molecule has 0 saturated carbocycles. The predicted molar refractivity (Wildman–Crippen MR) is 66.9 cm³/mol. The van der Waals surface area contributed by atoms with Crippen LogP contribution in [0.1, 0.15) is 23.0 Å². The Morgan fingerprint density at radius 1 is 1.24 bits per heavy atom. The molecule has 2 rings (SSSR count). The van der Waals surface area contributed by atoms with Gasteiger partial charge >= 0.3 is 5.97 Å². The Balaban J connectivity index is 2.27. The lowest BCUT2D eigenvalue weighted by Gasteiger charge is -1.99. The van der Waals surface area contributed by atoms with Gasteiger partial charge in [0.2, 0.25) is 0 Å². The van der Waals surface area contributed by atoms with Gasteiger partial charge < -0.3 is 9.72 Å². The average molecular weight is 229 g/mol. The number of aryl methyl sites for hydroxylation is 1. The van der Waals surface area contributed by atoms with Crippen LogP contribution in [-0.2, 0) is 11.2 Å². The molecule has 0 amide bonds. The number of ether oxygens (including phenoxy) is 1. The van der Waals surface area contributed by atoms with Gasteiger partial charge in [-0.3, -0.25) is 0 Å². The normalized spacial score (nSPS) is 10.2. The molecule has 0 unspecified atom stereocenters. The lowest BCUT2D eigenvalue weighted by atomic mass is 10.1. The van der Waals surface area contributed by atoms with Crippen LogP contribution in [0.5, 0.6) is 0 Å². The number of carbonyl (C=O) groups excluding carboxylic acids is 1. The van der Waals surface area contributed by atoms with Crippen LogP contribution in [0.3, 0.4) is 0 Å². The van der Waals surface area contributed by atoms with Crippen LogP contribution >= 0.6 is 0 Å². The Hall–Kier alpha value is -2.03. The first-order valence-corrected chi connectivity index (χ1v) is 5.60. The van der Waals surface area contributed by atoms with Crippen molar-refractivity contribution in [3.05, 3.63) is 47.8 Å². The fourth-order valence-corrected chi connectivity index (χ4v) is 1.72. The highest BCUT2D eigenvalue weighted by atomic mass is 16.5. The van der Waals surface area contributed by atoms with Crippen molar-refractivity contribution in [1.82, 2.24) is 4.98 Å². The lowest BCUT2D eigenvalue weighted by Crippen LogP contribution is -2.00. The summed E-state index contributed by atoms with van der Waals surface area (Å²) in [5, 5.41) is 0. The highest BCUT2D eigenvalue weighted by Gasteiger charge is 2.08. The summed E-state index contributed by atoms with van der Waals surface area (Å²) in [4.78, 5) is 14.2. The van der Waals surface area contributed by atoms with Crippen molar-refractivity contribution >= 4 is 5.97 Å². The summed E-state index contributed by atoms with van der Waals surface area (Å²) in [5.41, 5.74) is 3.86. The number of aromatic amines is 1. The number of H-pyrrole nitrogens is 1. The first-order valence-electron chi connectivity index (χ1n) is 5.60. The van der Waals surface area contributed by atoms with Crippen molar-refractivity contribution in [3.8, 4) is 11.1 Å². The molecule has 0 radical (unpaired) electrons. The molecule has 88 valence electrons. The lowest BCUT2D eigenvalue weighted by molar-refractivity contribution is 0.0595. The third-order valence-corrected chi connectivity index (χ3v) is 2.78. The number of benzene rings is 1. The predicted octanol–water partition coefficient (Wildman–Crippen LogP) is 3.03. The van der Waals surface area contributed by atoms with Crippen LogP contribution in [0.2, 0.25) is 0 Å². The number of hydrogen-bond donors (Lipinski definition) is 1. The SMILES string of the molecule is CCc1ccc(-c2c[nH]c(C(=O)OC)c2)cc1. The van der Waals surface area contributed by atoms with Gasteiger partial charge in [-0.15, -0.1) is 0 Å². The minimum Gasteiger partial charge on any atom is -0.464 e. The number of hydrogen-bond acceptors (Lipinski definition) is 2. The second kappa shape index (κ2) is 4.87. The van der Waals surface area contributed by atoms with Crippen molar-refractivity contribution in [3.63, 3.8) is 0 Å². The van der Waals surface area contributed by atoms with E-state index in [-0.39, 0.29) is 5.97 Å². The molecule has 0 fully saturated rings. The molecule has 0 bridgehead atoms. The number of aromatic nitrogens is 1. The number of methoxy groups -OCH3 is 1. The number of rotatable bonds is 3. The monoisotopic (exact) mass is 229 g/mol. The Morgan fingerprint density at radius 2 is 1.94 bits per heavy atom. The van der Waals surface area contributed by atoms with Gasteiger partial charge in [0.05, 0.1) is 7.11 Å². The summed E-state index contributed by atoms with van der Waals surface area (Å²) in [6, 6.07) is 10.1. The Kier molecular flexibility index (Phi) is 3.28. The molecular formula is C14H15NO2. The van der Waals surface area contributed by atoms with Crippen molar-refractivity contribution in [2.45, 2.75) is 13.3 Å².